The average molecular weight is 294 g/mol. The van der Waals surface area contributed by atoms with Gasteiger partial charge in [-0.2, -0.15) is 0 Å². The highest BCUT2D eigenvalue weighted by molar-refractivity contribution is 5.95. The van der Waals surface area contributed by atoms with Gasteiger partial charge in [0, 0.05) is 6.04 Å². The molecule has 1 aromatic rings. The van der Waals surface area contributed by atoms with E-state index in [-0.39, 0.29) is 11.8 Å². The van der Waals surface area contributed by atoms with Gasteiger partial charge >= 0.3 is 5.97 Å². The molecule has 7 nitrogen and oxygen atoms in total. The molecule has 3 N–H and O–H groups in total. The van der Waals surface area contributed by atoms with Crippen LogP contribution in [0.5, 0.6) is 0 Å². The summed E-state index contributed by atoms with van der Waals surface area (Å²) < 4.78 is 4.94. The van der Waals surface area contributed by atoms with Gasteiger partial charge in [0.2, 0.25) is 5.91 Å². The van der Waals surface area contributed by atoms with Crippen molar-refractivity contribution < 1.29 is 23.9 Å². The summed E-state index contributed by atoms with van der Waals surface area (Å²) in [6, 6.07) is 1.93. The predicted molar refractivity (Wildman–Crippen MR) is 72.5 cm³/mol. The predicted octanol–water partition coefficient (Wildman–Crippen LogP) is 0.767. The Hall–Kier alpha value is -2.31. The minimum Gasteiger partial charge on any atom is -0.481 e. The van der Waals surface area contributed by atoms with Crippen LogP contribution in [0.1, 0.15) is 36.7 Å². The number of nitrogens with one attached hydrogen (secondary N) is 2. The van der Waals surface area contributed by atoms with Crippen molar-refractivity contribution in [3.8, 4) is 0 Å². The van der Waals surface area contributed by atoms with Crippen molar-refractivity contribution >= 4 is 17.8 Å². The van der Waals surface area contributed by atoms with Crippen molar-refractivity contribution in [1.82, 2.24) is 10.6 Å². The van der Waals surface area contributed by atoms with Gasteiger partial charge in [0.25, 0.3) is 5.91 Å². The molecule has 1 aliphatic rings. The summed E-state index contributed by atoms with van der Waals surface area (Å²) in [4.78, 5) is 34.8. The molecule has 0 spiro atoms. The number of aliphatic carboxylic acids is 1. The topological polar surface area (TPSA) is 109 Å². The number of furan rings is 1. The molecule has 0 radical (unpaired) electrons. The highest BCUT2D eigenvalue weighted by atomic mass is 16.4. The van der Waals surface area contributed by atoms with Gasteiger partial charge in [-0.1, -0.05) is 6.42 Å². The summed E-state index contributed by atoms with van der Waals surface area (Å²) in [7, 11) is 0. The van der Waals surface area contributed by atoms with Gasteiger partial charge in [-0.05, 0) is 31.9 Å². The van der Waals surface area contributed by atoms with E-state index in [0.717, 1.165) is 6.42 Å². The van der Waals surface area contributed by atoms with Crippen molar-refractivity contribution in [1.29, 1.82) is 0 Å². The van der Waals surface area contributed by atoms with E-state index in [1.807, 2.05) is 0 Å². The molecule has 0 aliphatic heterocycles. The smallest absolute Gasteiger partial charge is 0.308 e. The third-order valence-electron chi connectivity index (χ3n) is 3.65. The van der Waals surface area contributed by atoms with Crippen LogP contribution in [-0.2, 0) is 9.59 Å². The maximum Gasteiger partial charge on any atom is 0.308 e. The minimum atomic E-state index is -0.898. The maximum absolute atomic E-state index is 12.0. The molecule has 0 aromatic carbocycles. The lowest BCUT2D eigenvalue weighted by Gasteiger charge is -2.20. The fourth-order valence-corrected chi connectivity index (χ4v) is 2.48. The van der Waals surface area contributed by atoms with Crippen molar-refractivity contribution in [3.05, 3.63) is 24.2 Å². The number of carbonyl (C=O) groups is 3. The lowest BCUT2D eigenvalue weighted by molar-refractivity contribution is -0.142. The zero-order valence-corrected chi connectivity index (χ0v) is 11.7. The SMILES string of the molecule is CC(NC(=O)c1ccco1)C(=O)NC1CCCC1C(=O)O. The number of carboxylic acids is 1. The van der Waals surface area contributed by atoms with Crippen molar-refractivity contribution in [3.63, 3.8) is 0 Å². The molecular formula is C14H18N2O5. The Morgan fingerprint density at radius 2 is 2.14 bits per heavy atom. The van der Waals surface area contributed by atoms with Crippen molar-refractivity contribution in [2.75, 3.05) is 0 Å². The molecule has 114 valence electrons. The molecule has 7 heteroatoms. The third kappa shape index (κ3) is 3.62. The molecule has 0 saturated heterocycles. The van der Waals surface area contributed by atoms with Crippen LogP contribution in [0, 0.1) is 5.92 Å². The van der Waals surface area contributed by atoms with E-state index in [1.54, 1.807) is 13.0 Å². The Morgan fingerprint density at radius 1 is 1.38 bits per heavy atom. The molecular weight excluding hydrogens is 276 g/mol. The van der Waals surface area contributed by atoms with Crippen LogP contribution < -0.4 is 10.6 Å². The largest absolute Gasteiger partial charge is 0.481 e. The van der Waals surface area contributed by atoms with Gasteiger partial charge in [0.15, 0.2) is 5.76 Å². The summed E-state index contributed by atoms with van der Waals surface area (Å²) >= 11 is 0. The quantitative estimate of drug-likeness (QED) is 0.743. The minimum absolute atomic E-state index is 0.124. The second-order valence-electron chi connectivity index (χ2n) is 5.16. The Balaban J connectivity index is 1.88. The fraction of sp³-hybridized carbons (Fsp3) is 0.500. The first-order valence-corrected chi connectivity index (χ1v) is 6.86. The lowest BCUT2D eigenvalue weighted by atomic mass is 10.0. The van der Waals surface area contributed by atoms with Crippen LogP contribution in [0.4, 0.5) is 0 Å². The number of hydrogen-bond donors (Lipinski definition) is 3. The van der Waals surface area contributed by atoms with Crippen LogP contribution in [0.15, 0.2) is 22.8 Å². The molecule has 21 heavy (non-hydrogen) atoms. The highest BCUT2D eigenvalue weighted by Gasteiger charge is 2.34. The molecule has 1 heterocycles. The van der Waals surface area contributed by atoms with Crippen LogP contribution in [0.2, 0.25) is 0 Å². The number of amides is 2. The molecule has 3 unspecified atom stereocenters. The zero-order chi connectivity index (χ0) is 15.4. The third-order valence-corrected chi connectivity index (χ3v) is 3.65. The maximum atomic E-state index is 12.0. The van der Waals surface area contributed by atoms with Crippen molar-refractivity contribution in [2.24, 2.45) is 5.92 Å². The van der Waals surface area contributed by atoms with E-state index in [9.17, 15) is 14.4 Å². The first-order valence-electron chi connectivity index (χ1n) is 6.86. The van der Waals surface area contributed by atoms with Gasteiger partial charge in [-0.15, -0.1) is 0 Å². The van der Waals surface area contributed by atoms with Crippen LogP contribution in [-0.4, -0.2) is 35.0 Å². The van der Waals surface area contributed by atoms with Crippen LogP contribution in [0.25, 0.3) is 0 Å². The molecule has 0 bridgehead atoms. The summed E-state index contributed by atoms with van der Waals surface area (Å²) in [6.07, 6.45) is 3.35. The fourth-order valence-electron chi connectivity index (χ4n) is 2.48. The second kappa shape index (κ2) is 6.43. The van der Waals surface area contributed by atoms with E-state index in [1.165, 1.54) is 12.3 Å². The highest BCUT2D eigenvalue weighted by Crippen LogP contribution is 2.25. The van der Waals surface area contributed by atoms with E-state index < -0.39 is 29.7 Å². The molecule has 3 atom stereocenters. The number of carboxylic acid groups (broad SMARTS) is 1. The second-order valence-corrected chi connectivity index (χ2v) is 5.16. The van der Waals surface area contributed by atoms with Gasteiger partial charge in [-0.3, -0.25) is 14.4 Å². The lowest BCUT2D eigenvalue weighted by Crippen LogP contribution is -2.49. The van der Waals surface area contributed by atoms with E-state index >= 15 is 0 Å². The Labute approximate surface area is 121 Å². The van der Waals surface area contributed by atoms with Gasteiger partial charge in [-0.25, -0.2) is 0 Å². The summed E-state index contributed by atoms with van der Waals surface area (Å²) in [5, 5.41) is 14.3. The summed E-state index contributed by atoms with van der Waals surface area (Å²) in [5.41, 5.74) is 0. The van der Waals surface area contributed by atoms with E-state index in [0.29, 0.717) is 12.8 Å². The molecule has 2 amide bonds. The van der Waals surface area contributed by atoms with Gasteiger partial charge in [0.1, 0.15) is 6.04 Å². The van der Waals surface area contributed by atoms with E-state index in [4.69, 9.17) is 9.52 Å². The Bertz CT molecular complexity index is 525. The van der Waals surface area contributed by atoms with Crippen LogP contribution in [0.3, 0.4) is 0 Å². The molecule has 1 fully saturated rings. The molecule has 1 aromatic heterocycles. The van der Waals surface area contributed by atoms with Gasteiger partial charge in [0.05, 0.1) is 12.2 Å². The van der Waals surface area contributed by atoms with Crippen LogP contribution >= 0.6 is 0 Å². The van der Waals surface area contributed by atoms with E-state index in [2.05, 4.69) is 10.6 Å². The summed E-state index contributed by atoms with van der Waals surface area (Å²) in [6.45, 7) is 1.54. The first kappa shape index (κ1) is 15.1. The van der Waals surface area contributed by atoms with Crippen molar-refractivity contribution in [2.45, 2.75) is 38.3 Å². The molecule has 2 rings (SSSR count). The normalized spacial score (nSPS) is 22.5. The Morgan fingerprint density at radius 3 is 2.76 bits per heavy atom. The molecule has 1 saturated carbocycles. The number of carbonyl (C=O) groups excluding carboxylic acids is 2. The monoisotopic (exact) mass is 294 g/mol. The first-order chi connectivity index (χ1) is 9.99. The average Bonchev–Trinajstić information content (AvgIpc) is 3.09. The standard InChI is InChI=1S/C14H18N2O5/c1-8(15-13(18)11-6-3-7-21-11)12(17)16-10-5-2-4-9(10)14(19)20/h3,6-10H,2,4-5H2,1H3,(H,15,18)(H,16,17)(H,19,20). The summed E-state index contributed by atoms with van der Waals surface area (Å²) in [5.74, 6) is -2.21. The number of rotatable bonds is 5. The zero-order valence-electron chi connectivity index (χ0n) is 11.7. The number of hydrogen-bond acceptors (Lipinski definition) is 4. The van der Waals surface area contributed by atoms with Gasteiger partial charge < -0.3 is 20.2 Å². The Kier molecular flexibility index (Phi) is 4.62. The molecule has 1 aliphatic carbocycles.